The summed E-state index contributed by atoms with van der Waals surface area (Å²) in [4.78, 5) is 0. The van der Waals surface area contributed by atoms with Crippen LogP contribution in [0.3, 0.4) is 0 Å². The molecule has 0 spiro atoms. The maximum Gasteiger partial charge on any atom is 0.0762 e. The Morgan fingerprint density at radius 2 is 2.64 bits per heavy atom. The molecule has 14 heavy (non-hydrogen) atoms. The van der Waals surface area contributed by atoms with Crippen LogP contribution >= 0.6 is 11.8 Å². The molecule has 78 valence electrons. The Labute approximate surface area is 89.3 Å². The van der Waals surface area contributed by atoms with E-state index in [2.05, 4.69) is 28.2 Å². The van der Waals surface area contributed by atoms with Crippen molar-refractivity contribution in [1.29, 1.82) is 0 Å². The van der Waals surface area contributed by atoms with Gasteiger partial charge < -0.3 is 5.32 Å². The summed E-state index contributed by atoms with van der Waals surface area (Å²) >= 11 is 2.06. The average Bonchev–Trinajstić information content (AvgIpc) is 2.63. The zero-order chi connectivity index (χ0) is 9.80. The van der Waals surface area contributed by atoms with Crippen LogP contribution in [0.5, 0.6) is 0 Å². The van der Waals surface area contributed by atoms with Gasteiger partial charge in [0.2, 0.25) is 0 Å². The van der Waals surface area contributed by atoms with Gasteiger partial charge >= 0.3 is 0 Å². The highest BCUT2D eigenvalue weighted by Crippen LogP contribution is 2.17. The summed E-state index contributed by atoms with van der Waals surface area (Å²) in [5.74, 6) is 2.59. The van der Waals surface area contributed by atoms with Crippen molar-refractivity contribution in [2.75, 3.05) is 11.5 Å². The van der Waals surface area contributed by atoms with Crippen molar-refractivity contribution in [3.63, 3.8) is 0 Å². The van der Waals surface area contributed by atoms with Crippen LogP contribution in [0.15, 0.2) is 12.3 Å². The molecular weight excluding hydrogens is 194 g/mol. The van der Waals surface area contributed by atoms with Crippen molar-refractivity contribution < 1.29 is 0 Å². The van der Waals surface area contributed by atoms with E-state index in [1.165, 1.54) is 24.3 Å². The first-order valence-electron chi connectivity index (χ1n) is 5.14. The SMILES string of the molecule is Cn1ccc(CNC2CCCSC2)n1. The number of nitrogens with zero attached hydrogens (tertiary/aromatic N) is 2. The Morgan fingerprint density at radius 1 is 1.71 bits per heavy atom. The number of rotatable bonds is 3. The topological polar surface area (TPSA) is 29.9 Å². The molecule has 1 aliphatic rings. The van der Waals surface area contributed by atoms with E-state index in [0.29, 0.717) is 6.04 Å². The molecule has 0 amide bonds. The van der Waals surface area contributed by atoms with Gasteiger partial charge in [-0.05, 0) is 24.7 Å². The fourth-order valence-electron chi connectivity index (χ4n) is 1.71. The Hall–Kier alpha value is -0.480. The lowest BCUT2D eigenvalue weighted by molar-refractivity contribution is 0.501. The van der Waals surface area contributed by atoms with Crippen LogP contribution in [0.2, 0.25) is 0 Å². The molecule has 1 N–H and O–H groups in total. The fourth-order valence-corrected chi connectivity index (χ4v) is 2.81. The van der Waals surface area contributed by atoms with Gasteiger partial charge in [0.1, 0.15) is 0 Å². The molecule has 1 atom stereocenters. The summed E-state index contributed by atoms with van der Waals surface area (Å²) in [6.45, 7) is 0.909. The Kier molecular flexibility index (Phi) is 3.48. The summed E-state index contributed by atoms with van der Waals surface area (Å²) in [5, 5.41) is 7.90. The van der Waals surface area contributed by atoms with Crippen LogP contribution in [0.4, 0.5) is 0 Å². The van der Waals surface area contributed by atoms with E-state index < -0.39 is 0 Å². The molecule has 0 aromatic carbocycles. The van der Waals surface area contributed by atoms with Crippen molar-refractivity contribution >= 4 is 11.8 Å². The Bertz CT molecular complexity index is 279. The molecule has 3 nitrogen and oxygen atoms in total. The van der Waals surface area contributed by atoms with E-state index in [1.54, 1.807) is 0 Å². The second-order valence-electron chi connectivity index (χ2n) is 3.78. The van der Waals surface area contributed by atoms with Gasteiger partial charge in [-0.2, -0.15) is 16.9 Å². The van der Waals surface area contributed by atoms with E-state index in [-0.39, 0.29) is 0 Å². The molecule has 0 aliphatic carbocycles. The monoisotopic (exact) mass is 211 g/mol. The highest BCUT2D eigenvalue weighted by Gasteiger charge is 2.12. The third-order valence-corrected chi connectivity index (χ3v) is 3.72. The summed E-state index contributed by atoms with van der Waals surface area (Å²) < 4.78 is 1.85. The van der Waals surface area contributed by atoms with E-state index in [4.69, 9.17) is 0 Å². The molecule has 0 radical (unpaired) electrons. The highest BCUT2D eigenvalue weighted by atomic mass is 32.2. The van der Waals surface area contributed by atoms with Gasteiger partial charge in [-0.25, -0.2) is 0 Å². The summed E-state index contributed by atoms with van der Waals surface area (Å²) in [5.41, 5.74) is 1.14. The van der Waals surface area contributed by atoms with Crippen molar-refractivity contribution in [2.24, 2.45) is 7.05 Å². The maximum absolute atomic E-state index is 4.34. The lowest BCUT2D eigenvalue weighted by atomic mass is 10.2. The lowest BCUT2D eigenvalue weighted by Crippen LogP contribution is -2.33. The maximum atomic E-state index is 4.34. The number of aromatic nitrogens is 2. The zero-order valence-corrected chi connectivity index (χ0v) is 9.39. The molecular formula is C10H17N3S. The van der Waals surface area contributed by atoms with Crippen LogP contribution < -0.4 is 5.32 Å². The van der Waals surface area contributed by atoms with Crippen molar-refractivity contribution in [2.45, 2.75) is 25.4 Å². The molecule has 0 saturated carbocycles. The van der Waals surface area contributed by atoms with Crippen LogP contribution in [-0.2, 0) is 13.6 Å². The lowest BCUT2D eigenvalue weighted by Gasteiger charge is -2.21. The van der Waals surface area contributed by atoms with E-state index in [0.717, 1.165) is 12.2 Å². The summed E-state index contributed by atoms with van der Waals surface area (Å²) in [6.07, 6.45) is 4.66. The quantitative estimate of drug-likeness (QED) is 0.820. The fraction of sp³-hybridized carbons (Fsp3) is 0.700. The van der Waals surface area contributed by atoms with Crippen molar-refractivity contribution in [1.82, 2.24) is 15.1 Å². The van der Waals surface area contributed by atoms with Gasteiger partial charge in [-0.1, -0.05) is 0 Å². The molecule has 1 fully saturated rings. The summed E-state index contributed by atoms with van der Waals surface area (Å²) in [7, 11) is 1.96. The predicted octanol–water partition coefficient (Wildman–Crippen LogP) is 1.41. The molecule has 2 rings (SSSR count). The number of thioether (sulfide) groups is 1. The van der Waals surface area contributed by atoms with Crippen LogP contribution in [0.1, 0.15) is 18.5 Å². The number of nitrogens with one attached hydrogen (secondary N) is 1. The van der Waals surface area contributed by atoms with Crippen LogP contribution in [-0.4, -0.2) is 27.3 Å². The number of hydrogen-bond donors (Lipinski definition) is 1. The van der Waals surface area contributed by atoms with Crippen LogP contribution in [0.25, 0.3) is 0 Å². The van der Waals surface area contributed by atoms with Crippen molar-refractivity contribution in [3.05, 3.63) is 18.0 Å². The standard InChI is InChI=1S/C10H17N3S/c1-13-5-4-9(12-13)7-11-10-3-2-6-14-8-10/h4-5,10-11H,2-3,6-8H2,1H3. The second kappa shape index (κ2) is 4.84. The van der Waals surface area contributed by atoms with Gasteiger partial charge in [0.05, 0.1) is 5.69 Å². The molecule has 2 heterocycles. The van der Waals surface area contributed by atoms with Gasteiger partial charge in [-0.3, -0.25) is 4.68 Å². The molecule has 1 aliphatic heterocycles. The van der Waals surface area contributed by atoms with Gasteiger partial charge in [0, 0.05) is 31.6 Å². The minimum absolute atomic E-state index is 0.691. The largest absolute Gasteiger partial charge is 0.307 e. The molecule has 1 aromatic rings. The second-order valence-corrected chi connectivity index (χ2v) is 4.93. The van der Waals surface area contributed by atoms with E-state index in [1.807, 2.05) is 17.9 Å². The average molecular weight is 211 g/mol. The molecule has 1 unspecified atom stereocenters. The third-order valence-electron chi connectivity index (χ3n) is 2.50. The smallest absolute Gasteiger partial charge is 0.0762 e. The molecule has 1 saturated heterocycles. The first kappa shape index (κ1) is 10.1. The minimum atomic E-state index is 0.691. The van der Waals surface area contributed by atoms with Crippen LogP contribution in [0, 0.1) is 0 Å². The first-order chi connectivity index (χ1) is 6.84. The first-order valence-corrected chi connectivity index (χ1v) is 6.30. The zero-order valence-electron chi connectivity index (χ0n) is 8.57. The molecule has 1 aromatic heterocycles. The van der Waals surface area contributed by atoms with Gasteiger partial charge in [0.15, 0.2) is 0 Å². The minimum Gasteiger partial charge on any atom is -0.307 e. The highest BCUT2D eigenvalue weighted by molar-refractivity contribution is 7.99. The van der Waals surface area contributed by atoms with E-state index >= 15 is 0 Å². The normalized spacial score (nSPS) is 22.5. The summed E-state index contributed by atoms with van der Waals surface area (Å²) in [6, 6.07) is 2.76. The third kappa shape index (κ3) is 2.75. The predicted molar refractivity (Wildman–Crippen MR) is 60.4 cm³/mol. The number of aryl methyl sites for hydroxylation is 1. The Balaban J connectivity index is 1.76. The molecule has 4 heteroatoms. The van der Waals surface area contributed by atoms with Gasteiger partial charge in [-0.15, -0.1) is 0 Å². The molecule has 0 bridgehead atoms. The Morgan fingerprint density at radius 3 is 3.29 bits per heavy atom. The number of hydrogen-bond acceptors (Lipinski definition) is 3. The van der Waals surface area contributed by atoms with Gasteiger partial charge in [0.25, 0.3) is 0 Å². The van der Waals surface area contributed by atoms with E-state index in [9.17, 15) is 0 Å². The van der Waals surface area contributed by atoms with Crippen molar-refractivity contribution in [3.8, 4) is 0 Å².